The van der Waals surface area contributed by atoms with Gasteiger partial charge in [-0.25, -0.2) is 4.68 Å². The summed E-state index contributed by atoms with van der Waals surface area (Å²) in [6.45, 7) is 0. The van der Waals surface area contributed by atoms with Crippen LogP contribution in [0.2, 0.25) is 0 Å². The molecule has 0 N–H and O–H groups in total. The summed E-state index contributed by atoms with van der Waals surface area (Å²) < 4.78 is 39.2. The van der Waals surface area contributed by atoms with E-state index < -0.39 is 28.6 Å². The van der Waals surface area contributed by atoms with E-state index in [0.29, 0.717) is 6.20 Å². The van der Waals surface area contributed by atoms with Crippen molar-refractivity contribution >= 4 is 5.78 Å². The number of allylic oxidation sites excluding steroid dienone is 1. The van der Waals surface area contributed by atoms with Crippen molar-refractivity contribution in [3.8, 4) is 5.69 Å². The molecule has 9 heteroatoms. The fourth-order valence-electron chi connectivity index (χ4n) is 1.73. The highest BCUT2D eigenvalue weighted by molar-refractivity contribution is 6.02. The molecule has 2 rings (SSSR count). The first-order valence-corrected chi connectivity index (χ1v) is 6.70. The van der Waals surface area contributed by atoms with E-state index in [2.05, 4.69) is 10.1 Å². The van der Waals surface area contributed by atoms with Gasteiger partial charge in [-0.1, -0.05) is 0 Å². The van der Waals surface area contributed by atoms with Gasteiger partial charge in [0.1, 0.15) is 0 Å². The number of rotatable bonds is 4. The third-order valence-electron chi connectivity index (χ3n) is 2.88. The van der Waals surface area contributed by atoms with Gasteiger partial charge in [-0.3, -0.25) is 14.6 Å². The minimum absolute atomic E-state index is 0.0181. The van der Waals surface area contributed by atoms with Gasteiger partial charge in [0.05, 0.1) is 17.4 Å². The second-order valence-electron chi connectivity index (χ2n) is 5.05. The average molecular weight is 338 g/mol. The minimum atomic E-state index is -4.56. The van der Waals surface area contributed by atoms with Gasteiger partial charge < -0.3 is 4.90 Å². The van der Waals surface area contributed by atoms with Crippen molar-refractivity contribution in [2.45, 2.75) is 6.18 Å². The number of nitrogens with zero attached hydrogens (tertiary/aromatic N) is 4. The Bertz CT molecular complexity index is 841. The largest absolute Gasteiger partial charge is 0.417 e. The molecule has 2 aromatic heterocycles. The molecule has 0 spiro atoms. The SMILES string of the molecule is CN(C)C=CC(=O)c1nn(-c2cncc(C(F)(F)F)c2)ccc1=O. The lowest BCUT2D eigenvalue weighted by Crippen LogP contribution is -2.20. The lowest BCUT2D eigenvalue weighted by molar-refractivity contribution is -0.137. The summed E-state index contributed by atoms with van der Waals surface area (Å²) >= 11 is 0. The van der Waals surface area contributed by atoms with Crippen LogP contribution in [0.1, 0.15) is 16.1 Å². The summed E-state index contributed by atoms with van der Waals surface area (Å²) in [5.41, 5.74) is -2.00. The molecule has 0 aliphatic heterocycles. The highest BCUT2D eigenvalue weighted by Crippen LogP contribution is 2.29. The third kappa shape index (κ3) is 4.06. The van der Waals surface area contributed by atoms with E-state index >= 15 is 0 Å². The van der Waals surface area contributed by atoms with Crippen LogP contribution in [0.4, 0.5) is 13.2 Å². The Morgan fingerprint density at radius 1 is 1.29 bits per heavy atom. The summed E-state index contributed by atoms with van der Waals surface area (Å²) in [7, 11) is 3.38. The lowest BCUT2D eigenvalue weighted by Gasteiger charge is -2.10. The predicted molar refractivity (Wildman–Crippen MR) is 79.8 cm³/mol. The minimum Gasteiger partial charge on any atom is -0.383 e. The van der Waals surface area contributed by atoms with Crippen LogP contribution in [0.5, 0.6) is 0 Å². The first-order valence-electron chi connectivity index (χ1n) is 6.70. The first-order chi connectivity index (χ1) is 11.2. The Balaban J connectivity index is 2.45. The van der Waals surface area contributed by atoms with E-state index in [4.69, 9.17) is 0 Å². The number of carbonyl (C=O) groups is 1. The van der Waals surface area contributed by atoms with Crippen LogP contribution in [0.25, 0.3) is 5.69 Å². The molecule has 0 saturated heterocycles. The standard InChI is InChI=1S/C15H13F3N4O2/c1-21(2)5-3-12(23)14-13(24)4-6-22(20-14)11-7-10(8-19-9-11)15(16,17)18/h3-9H,1-2H3. The Kier molecular flexibility index (Phi) is 4.82. The van der Waals surface area contributed by atoms with Crippen LogP contribution in [0.3, 0.4) is 0 Å². The molecule has 0 fully saturated rings. The van der Waals surface area contributed by atoms with Crippen LogP contribution in [0, 0.1) is 0 Å². The number of ketones is 1. The Morgan fingerprint density at radius 3 is 2.62 bits per heavy atom. The Morgan fingerprint density at radius 2 is 2.00 bits per heavy atom. The Hall–Kier alpha value is -2.97. The molecule has 0 unspecified atom stereocenters. The lowest BCUT2D eigenvalue weighted by atomic mass is 10.2. The van der Waals surface area contributed by atoms with Gasteiger partial charge in [0.2, 0.25) is 11.2 Å². The zero-order valence-corrected chi connectivity index (χ0v) is 12.8. The fourth-order valence-corrected chi connectivity index (χ4v) is 1.73. The van der Waals surface area contributed by atoms with Gasteiger partial charge in [0.15, 0.2) is 5.69 Å². The van der Waals surface area contributed by atoms with Gasteiger partial charge in [0.25, 0.3) is 0 Å². The van der Waals surface area contributed by atoms with Gasteiger partial charge in [-0.2, -0.15) is 18.3 Å². The monoisotopic (exact) mass is 338 g/mol. The van der Waals surface area contributed by atoms with Gasteiger partial charge >= 0.3 is 6.18 Å². The van der Waals surface area contributed by atoms with Crippen LogP contribution in [0.15, 0.2) is 47.8 Å². The van der Waals surface area contributed by atoms with Gasteiger partial charge in [-0.15, -0.1) is 0 Å². The van der Waals surface area contributed by atoms with E-state index in [1.807, 2.05) is 0 Å². The van der Waals surface area contributed by atoms with Crippen molar-refractivity contribution in [3.05, 3.63) is 64.5 Å². The summed E-state index contributed by atoms with van der Waals surface area (Å²) in [5.74, 6) is -0.650. The number of alkyl halides is 3. The van der Waals surface area contributed by atoms with Crippen LogP contribution >= 0.6 is 0 Å². The summed E-state index contributed by atoms with van der Waals surface area (Å²) in [5, 5.41) is 3.82. The molecule has 0 bridgehead atoms. The molecular formula is C15H13F3N4O2. The molecule has 2 aromatic rings. The van der Waals surface area contributed by atoms with E-state index in [9.17, 15) is 22.8 Å². The second kappa shape index (κ2) is 6.65. The maximum atomic E-state index is 12.7. The predicted octanol–water partition coefficient (Wildman–Crippen LogP) is 1.90. The Labute approximate surface area is 134 Å². The van der Waals surface area contributed by atoms with Crippen molar-refractivity contribution in [2.75, 3.05) is 14.1 Å². The number of hydrogen-bond acceptors (Lipinski definition) is 5. The maximum Gasteiger partial charge on any atom is 0.417 e. The highest BCUT2D eigenvalue weighted by atomic mass is 19.4. The number of hydrogen-bond donors (Lipinski definition) is 0. The van der Waals surface area contributed by atoms with Crippen LogP contribution in [-0.2, 0) is 6.18 Å². The van der Waals surface area contributed by atoms with Crippen molar-refractivity contribution in [3.63, 3.8) is 0 Å². The highest BCUT2D eigenvalue weighted by Gasteiger charge is 2.31. The molecule has 0 aliphatic carbocycles. The molecule has 0 aromatic carbocycles. The fraction of sp³-hybridized carbons (Fsp3) is 0.200. The average Bonchev–Trinajstić information content (AvgIpc) is 2.52. The number of pyridine rings is 1. The van der Waals surface area contributed by atoms with Crippen molar-refractivity contribution in [2.24, 2.45) is 0 Å². The zero-order valence-electron chi connectivity index (χ0n) is 12.8. The molecule has 0 saturated carbocycles. The summed E-state index contributed by atoms with van der Waals surface area (Å²) in [6.07, 6.45) is 1.03. The van der Waals surface area contributed by atoms with Crippen LogP contribution < -0.4 is 5.43 Å². The molecule has 0 amide bonds. The zero-order chi connectivity index (χ0) is 17.9. The van der Waals surface area contributed by atoms with Crippen LogP contribution in [-0.4, -0.2) is 39.5 Å². The molecule has 0 atom stereocenters. The quantitative estimate of drug-likeness (QED) is 0.629. The third-order valence-corrected chi connectivity index (χ3v) is 2.88. The van der Waals surface area contributed by atoms with Gasteiger partial charge in [0, 0.05) is 44.8 Å². The van der Waals surface area contributed by atoms with E-state index in [1.165, 1.54) is 12.4 Å². The van der Waals surface area contributed by atoms with Crippen molar-refractivity contribution < 1.29 is 18.0 Å². The second-order valence-corrected chi connectivity index (χ2v) is 5.05. The van der Waals surface area contributed by atoms with Crippen molar-refractivity contribution in [1.82, 2.24) is 19.7 Å². The van der Waals surface area contributed by atoms with Gasteiger partial charge in [-0.05, 0) is 6.07 Å². The van der Waals surface area contributed by atoms with E-state index in [0.717, 1.165) is 29.1 Å². The summed E-state index contributed by atoms with van der Waals surface area (Å²) in [4.78, 5) is 28.9. The topological polar surface area (TPSA) is 68.1 Å². The number of carbonyl (C=O) groups excluding carboxylic acids is 1. The smallest absolute Gasteiger partial charge is 0.383 e. The first kappa shape index (κ1) is 17.4. The molecular weight excluding hydrogens is 325 g/mol. The normalized spacial score (nSPS) is 11.7. The number of halogens is 3. The molecule has 2 heterocycles. The molecule has 24 heavy (non-hydrogen) atoms. The maximum absolute atomic E-state index is 12.7. The van der Waals surface area contributed by atoms with E-state index in [-0.39, 0.29) is 5.69 Å². The molecule has 126 valence electrons. The number of aromatic nitrogens is 3. The molecule has 0 aliphatic rings. The molecule has 0 radical (unpaired) electrons. The van der Waals surface area contributed by atoms with E-state index in [1.54, 1.807) is 19.0 Å². The summed E-state index contributed by atoms with van der Waals surface area (Å²) in [6, 6.07) is 1.89. The molecule has 6 nitrogen and oxygen atoms in total. The van der Waals surface area contributed by atoms with Crippen molar-refractivity contribution in [1.29, 1.82) is 0 Å².